The molecule has 0 aromatic heterocycles. The Labute approximate surface area is 87.5 Å². The molecule has 1 rings (SSSR count). The SMILES string of the molecule is CCCN(C(=O)C=O)c1ccccc1F. The van der Waals surface area contributed by atoms with E-state index in [9.17, 15) is 14.0 Å². The Morgan fingerprint density at radius 2 is 2.13 bits per heavy atom. The number of hydrogen-bond acceptors (Lipinski definition) is 2. The molecule has 3 nitrogen and oxygen atoms in total. The second-order valence-corrected chi connectivity index (χ2v) is 3.06. The molecule has 0 radical (unpaired) electrons. The fraction of sp³-hybridized carbons (Fsp3) is 0.273. The van der Waals surface area contributed by atoms with Gasteiger partial charge in [0.15, 0.2) is 0 Å². The highest BCUT2D eigenvalue weighted by Gasteiger charge is 2.16. The summed E-state index contributed by atoms with van der Waals surface area (Å²) in [4.78, 5) is 22.8. The molecule has 1 aromatic rings. The Morgan fingerprint density at radius 3 is 2.67 bits per heavy atom. The number of carbonyl (C=O) groups is 2. The molecule has 1 amide bonds. The van der Waals surface area contributed by atoms with E-state index in [0.717, 1.165) is 4.90 Å². The lowest BCUT2D eigenvalue weighted by atomic mass is 10.2. The third-order valence-electron chi connectivity index (χ3n) is 1.96. The van der Waals surface area contributed by atoms with E-state index in [1.165, 1.54) is 18.2 Å². The first-order chi connectivity index (χ1) is 7.20. The summed E-state index contributed by atoms with van der Waals surface area (Å²) in [5.74, 6) is -1.22. The Balaban J connectivity index is 3.03. The van der Waals surface area contributed by atoms with E-state index in [2.05, 4.69) is 0 Å². The maximum absolute atomic E-state index is 13.3. The summed E-state index contributed by atoms with van der Waals surface area (Å²) < 4.78 is 13.3. The van der Waals surface area contributed by atoms with Gasteiger partial charge < -0.3 is 4.90 Å². The van der Waals surface area contributed by atoms with Crippen molar-refractivity contribution >= 4 is 17.9 Å². The first kappa shape index (κ1) is 11.4. The van der Waals surface area contributed by atoms with E-state index in [0.29, 0.717) is 13.0 Å². The van der Waals surface area contributed by atoms with E-state index in [1.54, 1.807) is 6.07 Å². The summed E-state index contributed by atoms with van der Waals surface area (Å²) >= 11 is 0. The maximum atomic E-state index is 13.3. The second kappa shape index (κ2) is 5.24. The van der Waals surface area contributed by atoms with Crippen molar-refractivity contribution in [3.8, 4) is 0 Å². The zero-order valence-corrected chi connectivity index (χ0v) is 8.44. The molecule has 0 aliphatic rings. The van der Waals surface area contributed by atoms with Crippen molar-refractivity contribution in [3.63, 3.8) is 0 Å². The van der Waals surface area contributed by atoms with Crippen LogP contribution in [0.25, 0.3) is 0 Å². The molecule has 1 aromatic carbocycles. The molecule has 0 bridgehead atoms. The third-order valence-corrected chi connectivity index (χ3v) is 1.96. The number of aldehydes is 1. The van der Waals surface area contributed by atoms with Gasteiger partial charge in [0.25, 0.3) is 5.91 Å². The Morgan fingerprint density at radius 1 is 1.47 bits per heavy atom. The first-order valence-corrected chi connectivity index (χ1v) is 4.72. The van der Waals surface area contributed by atoms with Crippen LogP contribution in [0, 0.1) is 5.82 Å². The predicted molar refractivity (Wildman–Crippen MR) is 55.1 cm³/mol. The second-order valence-electron chi connectivity index (χ2n) is 3.06. The Hall–Kier alpha value is -1.71. The zero-order valence-electron chi connectivity index (χ0n) is 8.44. The number of carbonyl (C=O) groups excluding carboxylic acids is 2. The van der Waals surface area contributed by atoms with E-state index < -0.39 is 11.7 Å². The van der Waals surface area contributed by atoms with Crippen LogP contribution in [0.5, 0.6) is 0 Å². The highest BCUT2D eigenvalue weighted by Crippen LogP contribution is 2.18. The Bertz CT molecular complexity index is 365. The monoisotopic (exact) mass is 209 g/mol. The molecule has 0 N–H and O–H groups in total. The number of rotatable bonds is 4. The minimum atomic E-state index is -0.720. The molecule has 0 atom stereocenters. The number of para-hydroxylation sites is 1. The van der Waals surface area contributed by atoms with Crippen LogP contribution in [0.15, 0.2) is 24.3 Å². The van der Waals surface area contributed by atoms with Crippen LogP contribution < -0.4 is 4.90 Å². The lowest BCUT2D eigenvalue weighted by Gasteiger charge is -2.19. The van der Waals surface area contributed by atoms with Crippen molar-refractivity contribution in [2.24, 2.45) is 0 Å². The van der Waals surface area contributed by atoms with Crippen LogP contribution in [0.2, 0.25) is 0 Å². The van der Waals surface area contributed by atoms with E-state index in [4.69, 9.17) is 0 Å². The highest BCUT2D eigenvalue weighted by atomic mass is 19.1. The first-order valence-electron chi connectivity index (χ1n) is 4.72. The molecule has 4 heteroatoms. The lowest BCUT2D eigenvalue weighted by molar-refractivity contribution is -0.129. The minimum Gasteiger partial charge on any atom is -0.303 e. The van der Waals surface area contributed by atoms with Crippen molar-refractivity contribution in [1.29, 1.82) is 0 Å². The van der Waals surface area contributed by atoms with Crippen LogP contribution in [-0.2, 0) is 9.59 Å². The van der Waals surface area contributed by atoms with Gasteiger partial charge >= 0.3 is 0 Å². The molecule has 0 aliphatic carbocycles. The maximum Gasteiger partial charge on any atom is 0.291 e. The molecular formula is C11H12FNO2. The molecular weight excluding hydrogens is 197 g/mol. The van der Waals surface area contributed by atoms with Gasteiger partial charge in [-0.2, -0.15) is 0 Å². The quantitative estimate of drug-likeness (QED) is 0.559. The lowest BCUT2D eigenvalue weighted by Crippen LogP contribution is -2.33. The normalized spacial score (nSPS) is 9.73. The van der Waals surface area contributed by atoms with Gasteiger partial charge in [-0.1, -0.05) is 19.1 Å². The predicted octanol–water partition coefficient (Wildman–Crippen LogP) is 1.77. The topological polar surface area (TPSA) is 37.4 Å². The van der Waals surface area contributed by atoms with Crippen LogP contribution in [0.4, 0.5) is 10.1 Å². The largest absolute Gasteiger partial charge is 0.303 e. The summed E-state index contributed by atoms with van der Waals surface area (Å²) in [5, 5.41) is 0. The van der Waals surface area contributed by atoms with Crippen molar-refractivity contribution in [3.05, 3.63) is 30.1 Å². The summed E-state index contributed by atoms with van der Waals surface area (Å²) in [6.07, 6.45) is 0.857. The van der Waals surface area contributed by atoms with Crippen LogP contribution in [0.3, 0.4) is 0 Å². The van der Waals surface area contributed by atoms with Crippen LogP contribution >= 0.6 is 0 Å². The van der Waals surface area contributed by atoms with Gasteiger partial charge in [-0.3, -0.25) is 9.59 Å². The van der Waals surface area contributed by atoms with Crippen molar-refractivity contribution in [1.82, 2.24) is 0 Å². The zero-order chi connectivity index (χ0) is 11.3. The van der Waals surface area contributed by atoms with Crippen LogP contribution in [-0.4, -0.2) is 18.7 Å². The van der Waals surface area contributed by atoms with Crippen molar-refractivity contribution in [2.75, 3.05) is 11.4 Å². The number of benzene rings is 1. The van der Waals surface area contributed by atoms with Crippen molar-refractivity contribution in [2.45, 2.75) is 13.3 Å². The fourth-order valence-electron chi connectivity index (χ4n) is 1.31. The van der Waals surface area contributed by atoms with Gasteiger partial charge in [-0.05, 0) is 18.6 Å². The minimum absolute atomic E-state index is 0.149. The number of halogens is 1. The van der Waals surface area contributed by atoms with Crippen molar-refractivity contribution < 1.29 is 14.0 Å². The van der Waals surface area contributed by atoms with E-state index >= 15 is 0 Å². The van der Waals surface area contributed by atoms with Gasteiger partial charge in [0.1, 0.15) is 5.82 Å². The summed E-state index contributed by atoms with van der Waals surface area (Å²) in [6.45, 7) is 2.18. The van der Waals surface area contributed by atoms with Gasteiger partial charge in [0.05, 0.1) is 5.69 Å². The molecule has 0 saturated carbocycles. The molecule has 0 heterocycles. The Kier molecular flexibility index (Phi) is 3.97. The number of nitrogens with zero attached hydrogens (tertiary/aromatic N) is 1. The fourth-order valence-corrected chi connectivity index (χ4v) is 1.31. The number of anilines is 1. The van der Waals surface area contributed by atoms with Gasteiger partial charge in [0, 0.05) is 6.54 Å². The molecule has 80 valence electrons. The summed E-state index contributed by atoms with van der Waals surface area (Å²) in [6, 6.07) is 5.90. The van der Waals surface area contributed by atoms with E-state index in [-0.39, 0.29) is 12.0 Å². The van der Waals surface area contributed by atoms with Gasteiger partial charge in [-0.15, -0.1) is 0 Å². The van der Waals surface area contributed by atoms with Gasteiger partial charge in [0.2, 0.25) is 6.29 Å². The average molecular weight is 209 g/mol. The third kappa shape index (κ3) is 2.62. The number of amides is 1. The molecule has 0 saturated heterocycles. The molecule has 0 aliphatic heterocycles. The van der Waals surface area contributed by atoms with E-state index in [1.807, 2.05) is 6.92 Å². The average Bonchev–Trinajstić information content (AvgIpc) is 2.26. The highest BCUT2D eigenvalue weighted by molar-refractivity contribution is 6.30. The molecule has 15 heavy (non-hydrogen) atoms. The summed E-state index contributed by atoms with van der Waals surface area (Å²) in [7, 11) is 0. The molecule has 0 spiro atoms. The van der Waals surface area contributed by atoms with Crippen LogP contribution in [0.1, 0.15) is 13.3 Å². The standard InChI is InChI=1S/C11H12FNO2/c1-2-7-13(11(15)8-14)10-6-4-3-5-9(10)12/h3-6,8H,2,7H2,1H3. The van der Waals surface area contributed by atoms with Gasteiger partial charge in [-0.25, -0.2) is 4.39 Å². The number of hydrogen-bond donors (Lipinski definition) is 0. The molecule has 0 unspecified atom stereocenters. The summed E-state index contributed by atoms with van der Waals surface area (Å²) in [5.41, 5.74) is 0.149. The molecule has 0 fully saturated rings. The smallest absolute Gasteiger partial charge is 0.291 e.